The number of allylic oxidation sites excluding steroid dienone is 1. The van der Waals surface area contributed by atoms with Crippen molar-refractivity contribution in [2.24, 2.45) is 17.3 Å². The van der Waals surface area contributed by atoms with Gasteiger partial charge in [-0.1, -0.05) is 83.3 Å². The molecule has 2 aliphatic rings. The van der Waals surface area contributed by atoms with E-state index in [0.717, 1.165) is 26.7 Å². The van der Waals surface area contributed by atoms with Crippen LogP contribution in [0.5, 0.6) is 0 Å². The highest BCUT2D eigenvalue weighted by Crippen LogP contribution is 2.61. The molecule has 0 radical (unpaired) electrons. The summed E-state index contributed by atoms with van der Waals surface area (Å²) in [5.74, 6) is -0.449. The van der Waals surface area contributed by atoms with Crippen molar-refractivity contribution >= 4 is 45.1 Å². The fourth-order valence-electron chi connectivity index (χ4n) is 4.03. The zero-order chi connectivity index (χ0) is 18.6. The fourth-order valence-corrected chi connectivity index (χ4v) is 4.68. The Hall–Kier alpha value is -1.29. The zero-order valence-corrected chi connectivity index (χ0v) is 17.4. The molecular formula is C21H17BrCl2O2. The SMILES string of the molecule is CC1(C)C(C=C(Cl)Cl)C1C(=O)OC1c2ccccc2-c2ccc(Br)cc21. The number of rotatable bonds is 3. The third-order valence-electron chi connectivity index (χ3n) is 5.53. The maximum Gasteiger partial charge on any atom is 0.311 e. The second-order valence-corrected chi connectivity index (χ2v) is 9.34. The summed E-state index contributed by atoms with van der Waals surface area (Å²) in [6.07, 6.45) is 1.35. The van der Waals surface area contributed by atoms with Gasteiger partial charge in [-0.2, -0.15) is 0 Å². The molecule has 2 aromatic rings. The monoisotopic (exact) mass is 450 g/mol. The van der Waals surface area contributed by atoms with Gasteiger partial charge in [0.25, 0.3) is 0 Å². The van der Waals surface area contributed by atoms with Gasteiger partial charge in [0.2, 0.25) is 0 Å². The number of fused-ring (bicyclic) bond motifs is 3. The molecule has 0 heterocycles. The molecule has 2 nitrogen and oxygen atoms in total. The largest absolute Gasteiger partial charge is 0.452 e. The molecular weight excluding hydrogens is 435 g/mol. The van der Waals surface area contributed by atoms with Crippen LogP contribution in [-0.4, -0.2) is 5.97 Å². The number of hydrogen-bond acceptors (Lipinski definition) is 2. The number of benzene rings is 2. The van der Waals surface area contributed by atoms with Crippen LogP contribution >= 0.6 is 39.1 Å². The molecule has 4 rings (SSSR count). The predicted molar refractivity (Wildman–Crippen MR) is 108 cm³/mol. The highest BCUT2D eigenvalue weighted by Gasteiger charge is 2.62. The molecule has 3 unspecified atom stereocenters. The average Bonchev–Trinajstić information content (AvgIpc) is 2.97. The zero-order valence-electron chi connectivity index (χ0n) is 14.3. The summed E-state index contributed by atoms with van der Waals surface area (Å²) >= 11 is 15.1. The summed E-state index contributed by atoms with van der Waals surface area (Å²) in [6, 6.07) is 14.2. The molecule has 2 aliphatic carbocycles. The molecule has 0 spiro atoms. The summed E-state index contributed by atoms with van der Waals surface area (Å²) in [5.41, 5.74) is 4.05. The Morgan fingerprint density at radius 2 is 1.81 bits per heavy atom. The molecule has 134 valence electrons. The number of esters is 1. The van der Waals surface area contributed by atoms with Crippen LogP contribution in [0.3, 0.4) is 0 Å². The van der Waals surface area contributed by atoms with Gasteiger partial charge in [0.15, 0.2) is 6.10 Å². The summed E-state index contributed by atoms with van der Waals surface area (Å²) in [4.78, 5) is 12.9. The van der Waals surface area contributed by atoms with Gasteiger partial charge in [0, 0.05) is 15.6 Å². The predicted octanol–water partition coefficient (Wildman–Crippen LogP) is 6.65. The maximum absolute atomic E-state index is 12.9. The molecule has 0 N–H and O–H groups in total. The van der Waals surface area contributed by atoms with Gasteiger partial charge < -0.3 is 4.74 Å². The molecule has 0 aromatic heterocycles. The molecule has 0 amide bonds. The van der Waals surface area contributed by atoms with Crippen molar-refractivity contribution in [2.45, 2.75) is 20.0 Å². The Labute approximate surface area is 171 Å². The highest BCUT2D eigenvalue weighted by atomic mass is 79.9. The van der Waals surface area contributed by atoms with Crippen LogP contribution in [0.1, 0.15) is 31.1 Å². The average molecular weight is 452 g/mol. The molecule has 2 aromatic carbocycles. The Kier molecular flexibility index (Phi) is 4.45. The van der Waals surface area contributed by atoms with Gasteiger partial charge in [-0.3, -0.25) is 4.79 Å². The third-order valence-corrected chi connectivity index (χ3v) is 6.28. The smallest absolute Gasteiger partial charge is 0.311 e. The third kappa shape index (κ3) is 2.90. The molecule has 3 atom stereocenters. The molecule has 26 heavy (non-hydrogen) atoms. The van der Waals surface area contributed by atoms with Gasteiger partial charge >= 0.3 is 5.97 Å². The Balaban J connectivity index is 1.66. The van der Waals surface area contributed by atoms with E-state index in [1.165, 1.54) is 0 Å². The minimum Gasteiger partial charge on any atom is -0.452 e. The van der Waals surface area contributed by atoms with Crippen LogP contribution in [0.2, 0.25) is 0 Å². The number of carbonyl (C=O) groups excluding carboxylic acids is 1. The lowest BCUT2D eigenvalue weighted by molar-refractivity contribution is -0.150. The van der Waals surface area contributed by atoms with Gasteiger partial charge in [0.1, 0.15) is 4.49 Å². The molecule has 1 saturated carbocycles. The Bertz CT molecular complexity index is 931. The van der Waals surface area contributed by atoms with Gasteiger partial charge in [-0.25, -0.2) is 0 Å². The van der Waals surface area contributed by atoms with E-state index in [9.17, 15) is 4.79 Å². The summed E-state index contributed by atoms with van der Waals surface area (Å²) in [5, 5.41) is 0. The van der Waals surface area contributed by atoms with E-state index < -0.39 is 6.10 Å². The number of carbonyl (C=O) groups is 1. The number of halogens is 3. The molecule has 0 aliphatic heterocycles. The second kappa shape index (κ2) is 6.40. The maximum atomic E-state index is 12.9. The van der Waals surface area contributed by atoms with Crippen molar-refractivity contribution in [3.05, 3.63) is 68.6 Å². The lowest BCUT2D eigenvalue weighted by atomic mass is 10.1. The van der Waals surface area contributed by atoms with Crippen LogP contribution in [0.4, 0.5) is 0 Å². The van der Waals surface area contributed by atoms with E-state index in [-0.39, 0.29) is 27.7 Å². The van der Waals surface area contributed by atoms with Gasteiger partial charge in [-0.05, 0) is 40.7 Å². The summed E-state index contributed by atoms with van der Waals surface area (Å²) in [7, 11) is 0. The van der Waals surface area contributed by atoms with E-state index in [4.69, 9.17) is 27.9 Å². The first-order valence-electron chi connectivity index (χ1n) is 8.42. The van der Waals surface area contributed by atoms with E-state index in [2.05, 4.69) is 28.1 Å². The van der Waals surface area contributed by atoms with Crippen LogP contribution in [-0.2, 0) is 9.53 Å². The molecule has 5 heteroatoms. The first-order chi connectivity index (χ1) is 12.3. The minimum atomic E-state index is -0.390. The second-order valence-electron chi connectivity index (χ2n) is 7.42. The van der Waals surface area contributed by atoms with Crippen LogP contribution in [0.25, 0.3) is 11.1 Å². The topological polar surface area (TPSA) is 26.3 Å². The molecule has 1 fully saturated rings. The number of ether oxygens (including phenoxy) is 1. The van der Waals surface area contributed by atoms with Crippen molar-refractivity contribution in [1.82, 2.24) is 0 Å². The van der Waals surface area contributed by atoms with Crippen molar-refractivity contribution in [3.8, 4) is 11.1 Å². The minimum absolute atomic E-state index is 0.00127. The van der Waals surface area contributed by atoms with E-state index in [0.29, 0.717) is 0 Å². The number of hydrogen-bond donors (Lipinski definition) is 0. The summed E-state index contributed by atoms with van der Waals surface area (Å²) < 4.78 is 7.17. The first-order valence-corrected chi connectivity index (χ1v) is 9.97. The molecule has 0 saturated heterocycles. The van der Waals surface area contributed by atoms with E-state index in [1.54, 1.807) is 6.08 Å². The van der Waals surface area contributed by atoms with Crippen LogP contribution in [0.15, 0.2) is 57.5 Å². The standard InChI is InChI=1S/C21H17BrCl2O2/c1-21(2)16(10-17(23)24)18(21)20(25)26-19-14-6-4-3-5-12(14)13-8-7-11(22)9-15(13)19/h3-10,16,18-19H,1-2H3. The van der Waals surface area contributed by atoms with E-state index in [1.807, 2.05) is 44.2 Å². The van der Waals surface area contributed by atoms with Crippen molar-refractivity contribution in [2.75, 3.05) is 0 Å². The quantitative estimate of drug-likeness (QED) is 0.488. The lowest BCUT2D eigenvalue weighted by Crippen LogP contribution is -2.15. The van der Waals surface area contributed by atoms with Crippen molar-refractivity contribution in [1.29, 1.82) is 0 Å². The van der Waals surface area contributed by atoms with Crippen LogP contribution in [0, 0.1) is 17.3 Å². The normalized spacial score (nSPS) is 24.4. The van der Waals surface area contributed by atoms with Crippen molar-refractivity contribution in [3.63, 3.8) is 0 Å². The van der Waals surface area contributed by atoms with Crippen LogP contribution < -0.4 is 0 Å². The Morgan fingerprint density at radius 3 is 2.54 bits per heavy atom. The fraction of sp³-hybridized carbons (Fsp3) is 0.286. The lowest BCUT2D eigenvalue weighted by Gasteiger charge is -2.16. The first kappa shape index (κ1) is 18.1. The summed E-state index contributed by atoms with van der Waals surface area (Å²) in [6.45, 7) is 4.06. The Morgan fingerprint density at radius 1 is 1.12 bits per heavy atom. The highest BCUT2D eigenvalue weighted by molar-refractivity contribution is 9.10. The van der Waals surface area contributed by atoms with Gasteiger partial charge in [-0.15, -0.1) is 0 Å². The van der Waals surface area contributed by atoms with E-state index >= 15 is 0 Å². The molecule has 0 bridgehead atoms. The van der Waals surface area contributed by atoms with Gasteiger partial charge in [0.05, 0.1) is 5.92 Å². The van der Waals surface area contributed by atoms with Crippen molar-refractivity contribution < 1.29 is 9.53 Å².